The van der Waals surface area contributed by atoms with Crippen LogP contribution in [0.3, 0.4) is 0 Å². The van der Waals surface area contributed by atoms with Crippen molar-refractivity contribution in [3.05, 3.63) is 36.5 Å². The van der Waals surface area contributed by atoms with Gasteiger partial charge in [-0.15, -0.1) is 0 Å². The van der Waals surface area contributed by atoms with Crippen molar-refractivity contribution in [3.63, 3.8) is 0 Å². The minimum atomic E-state index is -2.34. The molecule has 2 heterocycles. The lowest BCUT2D eigenvalue weighted by Crippen LogP contribution is -2.59. The summed E-state index contributed by atoms with van der Waals surface area (Å²) in [6, 6.07) is 0. The Morgan fingerprint density at radius 2 is 1.77 bits per heavy atom. The highest BCUT2D eigenvalue weighted by molar-refractivity contribution is 6.05. The fraction of sp³-hybridized carbons (Fsp3) is 0.667. The molecule has 216 valence electrons. The van der Waals surface area contributed by atoms with Crippen molar-refractivity contribution >= 4 is 17.7 Å². The third kappa shape index (κ3) is 4.88. The molecule has 0 unspecified atom stereocenters. The van der Waals surface area contributed by atoms with Crippen LogP contribution in [0.5, 0.6) is 0 Å². The molecule has 0 aromatic rings. The zero-order valence-corrected chi connectivity index (χ0v) is 21.9. The molecule has 0 bridgehead atoms. The third-order valence-electron chi connectivity index (χ3n) is 8.58. The molecule has 2 saturated carbocycles. The maximum absolute atomic E-state index is 12.9. The topological polar surface area (TPSA) is 189 Å². The maximum Gasteiger partial charge on any atom is 0.346 e. The van der Waals surface area contributed by atoms with E-state index in [1.165, 1.54) is 6.92 Å². The molecule has 2 aliphatic carbocycles. The number of Topliss-reactive ketones (excluding diaryl/α,β-unsaturated/α-hetero) is 1. The fourth-order valence-corrected chi connectivity index (χ4v) is 6.11. The molecule has 0 aromatic carbocycles. The maximum atomic E-state index is 12.9. The molecule has 0 spiro atoms. The number of carbonyl (C=O) groups excluding carboxylic acids is 3. The molecular weight excluding hydrogens is 516 g/mol. The molecule has 4 aliphatic rings. The van der Waals surface area contributed by atoms with Gasteiger partial charge in [0.05, 0.1) is 18.6 Å². The van der Waals surface area contributed by atoms with Crippen LogP contribution in [0, 0.1) is 17.8 Å². The molecule has 12 heteroatoms. The largest absolute Gasteiger partial charge is 0.459 e. The lowest BCUT2D eigenvalue weighted by molar-refractivity contribution is -0.308. The van der Waals surface area contributed by atoms with Gasteiger partial charge in [-0.2, -0.15) is 0 Å². The minimum Gasteiger partial charge on any atom is -0.459 e. The molecule has 2 saturated heterocycles. The number of aliphatic hydroxyl groups is 5. The Balaban J connectivity index is 1.58. The van der Waals surface area contributed by atoms with E-state index in [1.807, 2.05) is 0 Å². The molecule has 4 rings (SSSR count). The highest BCUT2D eigenvalue weighted by Gasteiger charge is 2.58. The summed E-state index contributed by atoms with van der Waals surface area (Å²) < 4.78 is 22.8. The van der Waals surface area contributed by atoms with Gasteiger partial charge in [0.2, 0.25) is 5.60 Å². The number of fused-ring (bicyclic) bond motifs is 3. The van der Waals surface area contributed by atoms with Crippen LogP contribution in [0.2, 0.25) is 0 Å². The molecule has 4 fully saturated rings. The highest BCUT2D eigenvalue weighted by atomic mass is 16.7. The number of esters is 2. The minimum absolute atomic E-state index is 0.0696. The summed E-state index contributed by atoms with van der Waals surface area (Å²) in [4.78, 5) is 37.5. The number of hydrogen-bond acceptors (Lipinski definition) is 12. The van der Waals surface area contributed by atoms with Gasteiger partial charge in [0.25, 0.3) is 0 Å². The number of ketones is 1. The second-order valence-corrected chi connectivity index (χ2v) is 10.8. The van der Waals surface area contributed by atoms with Crippen LogP contribution < -0.4 is 0 Å². The van der Waals surface area contributed by atoms with Gasteiger partial charge in [0, 0.05) is 17.9 Å². The van der Waals surface area contributed by atoms with Crippen LogP contribution in [0.15, 0.2) is 36.5 Å². The lowest BCUT2D eigenvalue weighted by atomic mass is 9.81. The van der Waals surface area contributed by atoms with Crippen molar-refractivity contribution in [3.8, 4) is 0 Å². The number of rotatable bonds is 7. The average Bonchev–Trinajstić information content (AvgIpc) is 3.34. The summed E-state index contributed by atoms with van der Waals surface area (Å²) >= 11 is 0. The van der Waals surface area contributed by atoms with Crippen LogP contribution in [0.4, 0.5) is 0 Å². The van der Waals surface area contributed by atoms with Gasteiger partial charge < -0.3 is 44.5 Å². The smallest absolute Gasteiger partial charge is 0.346 e. The number of aliphatic hydroxyl groups excluding tert-OH is 4. The molecule has 0 amide bonds. The first kappa shape index (κ1) is 29.5. The van der Waals surface area contributed by atoms with Gasteiger partial charge in [-0.3, -0.25) is 4.79 Å². The van der Waals surface area contributed by atoms with E-state index in [1.54, 1.807) is 0 Å². The van der Waals surface area contributed by atoms with Crippen molar-refractivity contribution in [2.75, 3.05) is 6.61 Å². The molecular formula is C27H36O12. The summed E-state index contributed by atoms with van der Waals surface area (Å²) in [5.74, 6) is -4.29. The van der Waals surface area contributed by atoms with E-state index in [-0.39, 0.29) is 30.8 Å². The average molecular weight is 553 g/mol. The van der Waals surface area contributed by atoms with Gasteiger partial charge in [-0.1, -0.05) is 32.2 Å². The number of carbonyl (C=O) groups is 3. The Labute approximate surface area is 225 Å². The van der Waals surface area contributed by atoms with Gasteiger partial charge in [0.1, 0.15) is 36.6 Å². The summed E-state index contributed by atoms with van der Waals surface area (Å²) in [7, 11) is 0. The number of hydrogen-bond donors (Lipinski definition) is 5. The zero-order valence-electron chi connectivity index (χ0n) is 21.9. The standard InChI is InChI=1S/C27H36O12/c1-6-27(35,13(5)29)26(34)38-16-7-10(2)14-8-15(11(3)18(14)23-19(16)12(4)24(33)39-23)36-25-22(32)21(31)20(30)17(9-28)37-25/h14-23,25,28,30-32,35H,2-4,6-9H2,1,5H3/t14-,15-,16+,17+,18-,19+,20+,21-,22+,23+,25+,27+/m0/s1. The predicted octanol–water partition coefficient (Wildman–Crippen LogP) is -0.937. The molecule has 39 heavy (non-hydrogen) atoms. The molecule has 12 nitrogen and oxygen atoms in total. The SMILES string of the molecule is C=C1C(=O)O[C@@H]2[C@H]3C(=C)[C@@H](O[C@@H]4O[C@H](CO)[C@@H](O)[C@H](O)[C@H]4O)C[C@H]3C(=C)C[C@@H](OC(=O)[C@@](O)(CC)C(C)=O)[C@@H]12. The van der Waals surface area contributed by atoms with Crippen LogP contribution >= 0.6 is 0 Å². The first-order valence-electron chi connectivity index (χ1n) is 12.9. The summed E-state index contributed by atoms with van der Waals surface area (Å²) in [5, 5.41) is 50.7. The van der Waals surface area contributed by atoms with Gasteiger partial charge in [-0.25, -0.2) is 9.59 Å². The van der Waals surface area contributed by atoms with E-state index in [0.29, 0.717) is 11.1 Å². The van der Waals surface area contributed by atoms with E-state index in [4.69, 9.17) is 18.9 Å². The van der Waals surface area contributed by atoms with Crippen molar-refractivity contribution in [1.29, 1.82) is 0 Å². The van der Waals surface area contributed by atoms with Crippen LogP contribution in [-0.4, -0.2) is 104 Å². The molecule has 0 radical (unpaired) electrons. The lowest BCUT2D eigenvalue weighted by Gasteiger charge is -2.40. The Morgan fingerprint density at radius 3 is 2.36 bits per heavy atom. The highest BCUT2D eigenvalue weighted by Crippen LogP contribution is 2.53. The van der Waals surface area contributed by atoms with Crippen molar-refractivity contribution < 1.29 is 58.9 Å². The fourth-order valence-electron chi connectivity index (χ4n) is 6.11. The zero-order chi connectivity index (χ0) is 29.0. The second-order valence-electron chi connectivity index (χ2n) is 10.8. The summed E-state index contributed by atoms with van der Waals surface area (Å²) in [6.07, 6.45) is -9.74. The summed E-state index contributed by atoms with van der Waals surface area (Å²) in [5.41, 5.74) is -1.16. The Kier molecular flexibility index (Phi) is 8.21. The van der Waals surface area contributed by atoms with E-state index in [9.17, 15) is 39.9 Å². The third-order valence-corrected chi connectivity index (χ3v) is 8.58. The molecule has 12 atom stereocenters. The van der Waals surface area contributed by atoms with Gasteiger partial charge in [0.15, 0.2) is 12.1 Å². The van der Waals surface area contributed by atoms with Crippen LogP contribution in [0.25, 0.3) is 0 Å². The van der Waals surface area contributed by atoms with Crippen molar-refractivity contribution in [2.45, 2.75) is 87.7 Å². The Hall–Kier alpha value is -2.45. The second kappa shape index (κ2) is 10.8. The van der Waals surface area contributed by atoms with Crippen LogP contribution in [0.1, 0.15) is 33.1 Å². The number of ether oxygens (including phenoxy) is 4. The first-order chi connectivity index (χ1) is 18.3. The van der Waals surface area contributed by atoms with Crippen LogP contribution in [-0.2, 0) is 33.3 Å². The molecule has 2 aliphatic heterocycles. The first-order valence-corrected chi connectivity index (χ1v) is 12.9. The van der Waals surface area contributed by atoms with Crippen molar-refractivity contribution in [1.82, 2.24) is 0 Å². The normalized spacial score (nSPS) is 41.8. The van der Waals surface area contributed by atoms with E-state index in [0.717, 1.165) is 6.92 Å². The van der Waals surface area contributed by atoms with Gasteiger partial charge in [-0.05, 0) is 31.3 Å². The van der Waals surface area contributed by atoms with Crippen molar-refractivity contribution in [2.24, 2.45) is 17.8 Å². The van der Waals surface area contributed by atoms with E-state index >= 15 is 0 Å². The summed E-state index contributed by atoms with van der Waals surface area (Å²) in [6.45, 7) is 14.1. The van der Waals surface area contributed by atoms with E-state index < -0.39 is 90.8 Å². The van der Waals surface area contributed by atoms with E-state index in [2.05, 4.69) is 19.7 Å². The molecule has 5 N–H and O–H groups in total. The Morgan fingerprint density at radius 1 is 1.10 bits per heavy atom. The Bertz CT molecular complexity index is 1070. The molecule has 0 aromatic heterocycles. The quantitative estimate of drug-likeness (QED) is 0.113. The predicted molar refractivity (Wildman–Crippen MR) is 131 cm³/mol. The van der Waals surface area contributed by atoms with Gasteiger partial charge >= 0.3 is 11.9 Å². The monoisotopic (exact) mass is 552 g/mol.